The number of carbonyl (C=O) groups excluding carboxylic acids is 1. The zero-order chi connectivity index (χ0) is 20.0. The Morgan fingerprint density at radius 3 is 2.66 bits per heavy atom. The Kier molecular flexibility index (Phi) is 4.59. The zero-order valence-corrected chi connectivity index (χ0v) is 17.6. The summed E-state index contributed by atoms with van der Waals surface area (Å²) in [5, 5.41) is 4.11. The van der Waals surface area contributed by atoms with Crippen LogP contribution in [0.1, 0.15) is 51.7 Å². The SMILES string of the molecule is O=C(NC1CCS(=O)(=O)c2ccccc21)c1c(-n2cccc2)sc2c1CCCC2. The Labute approximate surface area is 174 Å². The van der Waals surface area contributed by atoms with Crippen LogP contribution in [0.4, 0.5) is 0 Å². The van der Waals surface area contributed by atoms with E-state index in [0.717, 1.165) is 36.2 Å². The lowest BCUT2D eigenvalue weighted by Gasteiger charge is -2.26. The molecule has 1 unspecified atom stereocenters. The van der Waals surface area contributed by atoms with E-state index < -0.39 is 9.84 Å². The van der Waals surface area contributed by atoms with Crippen molar-refractivity contribution < 1.29 is 13.2 Å². The fraction of sp³-hybridized carbons (Fsp3) is 0.318. The van der Waals surface area contributed by atoms with Crippen LogP contribution in [0, 0.1) is 0 Å². The quantitative estimate of drug-likeness (QED) is 0.687. The average Bonchev–Trinajstić information content (AvgIpc) is 3.38. The summed E-state index contributed by atoms with van der Waals surface area (Å²) in [6.45, 7) is 0. The second kappa shape index (κ2) is 7.15. The third kappa shape index (κ3) is 3.22. The summed E-state index contributed by atoms with van der Waals surface area (Å²) in [6, 6.07) is 10.6. The number of fused-ring (bicyclic) bond motifs is 2. The number of sulfone groups is 1. The van der Waals surface area contributed by atoms with Crippen molar-refractivity contribution in [2.45, 2.75) is 43.0 Å². The molecule has 5 rings (SSSR count). The maximum Gasteiger partial charge on any atom is 0.255 e. The van der Waals surface area contributed by atoms with Crippen LogP contribution in [0.2, 0.25) is 0 Å². The van der Waals surface area contributed by atoms with Gasteiger partial charge in [0.05, 0.1) is 22.3 Å². The van der Waals surface area contributed by atoms with Gasteiger partial charge in [-0.1, -0.05) is 18.2 Å². The van der Waals surface area contributed by atoms with Crippen molar-refractivity contribution in [1.29, 1.82) is 0 Å². The number of hydrogen-bond donors (Lipinski definition) is 1. The number of hydrogen-bond acceptors (Lipinski definition) is 4. The van der Waals surface area contributed by atoms with Crippen LogP contribution in [0.5, 0.6) is 0 Å². The van der Waals surface area contributed by atoms with Gasteiger partial charge in [-0.25, -0.2) is 8.42 Å². The molecule has 2 aliphatic rings. The van der Waals surface area contributed by atoms with Gasteiger partial charge in [-0.05, 0) is 61.4 Å². The Bertz CT molecular complexity index is 1180. The average molecular weight is 427 g/mol. The van der Waals surface area contributed by atoms with E-state index in [4.69, 9.17) is 0 Å². The second-order valence-electron chi connectivity index (χ2n) is 7.65. The lowest BCUT2D eigenvalue weighted by atomic mass is 9.94. The zero-order valence-electron chi connectivity index (χ0n) is 15.9. The van der Waals surface area contributed by atoms with Gasteiger partial charge in [0.1, 0.15) is 5.00 Å². The maximum atomic E-state index is 13.5. The first-order valence-electron chi connectivity index (χ1n) is 9.95. The molecule has 1 aliphatic carbocycles. The highest BCUT2D eigenvalue weighted by Gasteiger charge is 2.33. The van der Waals surface area contributed by atoms with Crippen LogP contribution in [0.15, 0.2) is 53.7 Å². The summed E-state index contributed by atoms with van der Waals surface area (Å²) in [7, 11) is -3.28. The molecular weight excluding hydrogens is 404 g/mol. The Hall–Kier alpha value is -2.38. The molecule has 5 nitrogen and oxygen atoms in total. The third-order valence-corrected chi connectivity index (χ3v) is 8.95. The molecular formula is C22H22N2O3S2. The van der Waals surface area contributed by atoms with E-state index in [1.54, 1.807) is 23.5 Å². The van der Waals surface area contributed by atoms with Crippen molar-refractivity contribution in [2.24, 2.45) is 0 Å². The minimum Gasteiger partial charge on any atom is -0.345 e. The molecule has 0 saturated carbocycles. The topological polar surface area (TPSA) is 68.2 Å². The Morgan fingerprint density at radius 1 is 1.07 bits per heavy atom. The van der Waals surface area contributed by atoms with Gasteiger partial charge in [-0.15, -0.1) is 11.3 Å². The molecule has 1 N–H and O–H groups in total. The van der Waals surface area contributed by atoms with Crippen molar-refractivity contribution in [3.63, 3.8) is 0 Å². The summed E-state index contributed by atoms with van der Waals surface area (Å²) >= 11 is 1.70. The van der Waals surface area contributed by atoms with E-state index in [9.17, 15) is 13.2 Å². The van der Waals surface area contributed by atoms with Crippen molar-refractivity contribution in [3.05, 3.63) is 70.4 Å². The van der Waals surface area contributed by atoms with Crippen molar-refractivity contribution in [2.75, 3.05) is 5.75 Å². The van der Waals surface area contributed by atoms with Gasteiger partial charge in [0.25, 0.3) is 5.91 Å². The van der Waals surface area contributed by atoms with Crippen LogP contribution in [0.3, 0.4) is 0 Å². The number of thiophene rings is 1. The number of rotatable bonds is 3. The third-order valence-electron chi connectivity index (χ3n) is 5.83. The van der Waals surface area contributed by atoms with Gasteiger partial charge < -0.3 is 9.88 Å². The van der Waals surface area contributed by atoms with Crippen molar-refractivity contribution in [3.8, 4) is 5.00 Å². The molecule has 2 aromatic heterocycles. The molecule has 29 heavy (non-hydrogen) atoms. The second-order valence-corrected chi connectivity index (χ2v) is 10.8. The van der Waals surface area contributed by atoms with Gasteiger partial charge in [-0.3, -0.25) is 4.79 Å². The first-order valence-corrected chi connectivity index (χ1v) is 12.4. The van der Waals surface area contributed by atoms with Gasteiger partial charge in [-0.2, -0.15) is 0 Å². The van der Waals surface area contributed by atoms with E-state index in [0.29, 0.717) is 16.9 Å². The van der Waals surface area contributed by atoms with Gasteiger partial charge in [0, 0.05) is 17.3 Å². The lowest BCUT2D eigenvalue weighted by molar-refractivity contribution is 0.0934. The fourth-order valence-electron chi connectivity index (χ4n) is 4.41. The number of aromatic nitrogens is 1. The van der Waals surface area contributed by atoms with Crippen molar-refractivity contribution in [1.82, 2.24) is 9.88 Å². The first-order chi connectivity index (χ1) is 14.0. The fourth-order valence-corrected chi connectivity index (χ4v) is 7.38. The summed E-state index contributed by atoms with van der Waals surface area (Å²) < 4.78 is 26.9. The molecule has 0 saturated heterocycles. The highest BCUT2D eigenvalue weighted by atomic mass is 32.2. The summed E-state index contributed by atoms with van der Waals surface area (Å²) in [5.74, 6) is -0.0477. The molecule has 1 aromatic carbocycles. The van der Waals surface area contributed by atoms with Gasteiger partial charge in [0.15, 0.2) is 9.84 Å². The predicted octanol–water partition coefficient (Wildman–Crippen LogP) is 4.07. The standard InChI is InChI=1S/C22H22N2O3S2/c25-21(23-17-11-14-29(26,27)19-10-4-2-7-15(17)19)20-16-8-1-3-9-18(16)28-22(20)24-12-5-6-13-24/h2,4-7,10,12-13,17H,1,3,8-9,11,14H2,(H,23,25). The number of carbonyl (C=O) groups is 1. The molecule has 7 heteroatoms. The van der Waals surface area contributed by atoms with Crippen molar-refractivity contribution >= 4 is 27.1 Å². The Balaban J connectivity index is 1.53. The van der Waals surface area contributed by atoms with Crippen LogP contribution in [-0.4, -0.2) is 24.6 Å². The summed E-state index contributed by atoms with van der Waals surface area (Å²) in [6.07, 6.45) is 8.54. The first kappa shape index (κ1) is 18.6. The predicted molar refractivity (Wildman–Crippen MR) is 114 cm³/mol. The number of nitrogens with zero attached hydrogens (tertiary/aromatic N) is 1. The summed E-state index contributed by atoms with van der Waals surface area (Å²) in [5.41, 5.74) is 2.62. The highest BCUT2D eigenvalue weighted by Crippen LogP contribution is 2.38. The highest BCUT2D eigenvalue weighted by molar-refractivity contribution is 7.91. The van der Waals surface area contributed by atoms with Crippen LogP contribution in [0.25, 0.3) is 5.00 Å². The van der Waals surface area contributed by atoms with E-state index in [1.165, 1.54) is 10.4 Å². The molecule has 1 aliphatic heterocycles. The number of aryl methyl sites for hydroxylation is 1. The molecule has 1 atom stereocenters. The normalized spacial score (nSPS) is 19.9. The molecule has 0 bridgehead atoms. The molecule has 150 valence electrons. The van der Waals surface area contributed by atoms with E-state index in [1.807, 2.05) is 41.2 Å². The van der Waals surface area contributed by atoms with E-state index >= 15 is 0 Å². The molecule has 3 heterocycles. The minimum absolute atomic E-state index is 0.0567. The smallest absolute Gasteiger partial charge is 0.255 e. The molecule has 3 aromatic rings. The maximum absolute atomic E-state index is 13.5. The molecule has 0 radical (unpaired) electrons. The summed E-state index contributed by atoms with van der Waals surface area (Å²) in [4.78, 5) is 15.1. The van der Waals surface area contributed by atoms with Crippen LogP contribution >= 0.6 is 11.3 Å². The van der Waals surface area contributed by atoms with E-state index in [2.05, 4.69) is 5.32 Å². The van der Waals surface area contributed by atoms with Gasteiger partial charge >= 0.3 is 0 Å². The van der Waals surface area contributed by atoms with Crippen LogP contribution < -0.4 is 5.32 Å². The molecule has 0 spiro atoms. The minimum atomic E-state index is -3.28. The van der Waals surface area contributed by atoms with E-state index in [-0.39, 0.29) is 17.7 Å². The monoisotopic (exact) mass is 426 g/mol. The molecule has 1 amide bonds. The van der Waals surface area contributed by atoms with Gasteiger partial charge in [0.2, 0.25) is 0 Å². The molecule has 0 fully saturated rings. The number of nitrogens with one attached hydrogen (secondary N) is 1. The van der Waals surface area contributed by atoms with Crippen LogP contribution in [-0.2, 0) is 22.7 Å². The number of benzene rings is 1. The Morgan fingerprint density at radius 2 is 1.83 bits per heavy atom. The lowest BCUT2D eigenvalue weighted by Crippen LogP contribution is -2.34. The largest absolute Gasteiger partial charge is 0.345 e. The number of amides is 1.